The van der Waals surface area contributed by atoms with Gasteiger partial charge < -0.3 is 42.1 Å². The maximum absolute atomic E-state index is 13.2. The van der Waals surface area contributed by atoms with Crippen LogP contribution in [0.2, 0.25) is 0 Å². The number of aliphatic carboxylic acids is 2. The summed E-state index contributed by atoms with van der Waals surface area (Å²) in [7, 11) is 0. The Balaban J connectivity index is 2.26. The third kappa shape index (κ3) is 10.4. The van der Waals surface area contributed by atoms with Crippen molar-refractivity contribution in [1.82, 2.24) is 16.0 Å². The van der Waals surface area contributed by atoms with E-state index in [9.17, 15) is 34.2 Å². The molecule has 0 bridgehead atoms. The number of aliphatic hydroxyl groups is 1. The summed E-state index contributed by atoms with van der Waals surface area (Å²) in [6.45, 7) is -0.713. The largest absolute Gasteiger partial charge is 0.508 e. The van der Waals surface area contributed by atoms with Crippen molar-refractivity contribution in [2.24, 2.45) is 5.73 Å². The molecule has 13 nitrogen and oxygen atoms in total. The number of rotatable bonds is 15. The fourth-order valence-electron chi connectivity index (χ4n) is 3.57. The summed E-state index contributed by atoms with van der Waals surface area (Å²) in [4.78, 5) is 61.5. The topological polar surface area (TPSA) is 228 Å². The van der Waals surface area contributed by atoms with Crippen LogP contribution < -0.4 is 21.7 Å². The van der Waals surface area contributed by atoms with E-state index in [4.69, 9.17) is 15.9 Å². The van der Waals surface area contributed by atoms with E-state index in [0.29, 0.717) is 11.1 Å². The number of benzene rings is 2. The molecule has 2 aromatic rings. The smallest absolute Gasteiger partial charge is 0.326 e. The number of hydrogen-bond acceptors (Lipinski definition) is 8. The number of nitrogens with two attached hydrogens (primary N) is 1. The molecule has 2 aromatic carbocycles. The van der Waals surface area contributed by atoms with Gasteiger partial charge in [-0.05, 0) is 29.7 Å². The first-order valence-electron chi connectivity index (χ1n) is 12.0. The summed E-state index contributed by atoms with van der Waals surface area (Å²) < 4.78 is 0. The summed E-state index contributed by atoms with van der Waals surface area (Å²) in [5.41, 5.74) is 6.65. The number of carboxylic acid groups (broad SMARTS) is 2. The second kappa shape index (κ2) is 15.1. The third-order valence-electron chi connectivity index (χ3n) is 5.72. The summed E-state index contributed by atoms with van der Waals surface area (Å²) in [6.07, 6.45) is -0.970. The van der Waals surface area contributed by atoms with Crippen LogP contribution >= 0.6 is 0 Å². The molecule has 0 heterocycles. The van der Waals surface area contributed by atoms with E-state index in [2.05, 4.69) is 16.0 Å². The number of aromatic hydroxyl groups is 1. The van der Waals surface area contributed by atoms with Crippen molar-refractivity contribution in [3.63, 3.8) is 0 Å². The van der Waals surface area contributed by atoms with Crippen LogP contribution in [-0.4, -0.2) is 80.9 Å². The average Bonchev–Trinajstić information content (AvgIpc) is 2.91. The lowest BCUT2D eigenvalue weighted by molar-refractivity contribution is -0.142. The van der Waals surface area contributed by atoms with Crippen molar-refractivity contribution in [3.05, 3.63) is 65.7 Å². The van der Waals surface area contributed by atoms with Gasteiger partial charge in [0.05, 0.1) is 6.61 Å². The molecule has 4 atom stereocenters. The molecule has 0 aromatic heterocycles. The second-order valence-electron chi connectivity index (χ2n) is 8.80. The zero-order valence-electron chi connectivity index (χ0n) is 20.9. The predicted octanol–water partition coefficient (Wildman–Crippen LogP) is -1.10. The Bertz CT molecular complexity index is 1140. The van der Waals surface area contributed by atoms with Crippen molar-refractivity contribution in [2.75, 3.05) is 6.61 Å². The van der Waals surface area contributed by atoms with Crippen LogP contribution in [0, 0.1) is 0 Å². The Morgan fingerprint density at radius 1 is 0.718 bits per heavy atom. The number of phenols is 1. The second-order valence-corrected chi connectivity index (χ2v) is 8.80. The van der Waals surface area contributed by atoms with Gasteiger partial charge in [0.1, 0.15) is 29.9 Å². The Morgan fingerprint density at radius 3 is 1.79 bits per heavy atom. The SMILES string of the molecule is NC(CO)C(=O)NC(CCC(=O)O)C(=O)NC(Cc1ccccc1)C(=O)NC(Cc1ccc(O)cc1)C(=O)O. The monoisotopic (exact) mass is 544 g/mol. The maximum Gasteiger partial charge on any atom is 0.326 e. The highest BCUT2D eigenvalue weighted by molar-refractivity contribution is 5.94. The first-order valence-corrected chi connectivity index (χ1v) is 12.0. The van der Waals surface area contributed by atoms with Gasteiger partial charge in [0.15, 0.2) is 0 Å². The number of hydrogen-bond donors (Lipinski definition) is 8. The minimum atomic E-state index is -1.40. The Kier molecular flexibility index (Phi) is 11.9. The first-order chi connectivity index (χ1) is 18.5. The number of carbonyl (C=O) groups excluding carboxylic acids is 3. The van der Waals surface area contributed by atoms with Gasteiger partial charge in [-0.2, -0.15) is 0 Å². The summed E-state index contributed by atoms with van der Waals surface area (Å²) in [5.74, 6) is -5.18. The van der Waals surface area contributed by atoms with Crippen LogP contribution in [0.1, 0.15) is 24.0 Å². The Labute approximate surface area is 224 Å². The number of carbonyl (C=O) groups is 5. The van der Waals surface area contributed by atoms with Gasteiger partial charge in [0.2, 0.25) is 17.7 Å². The van der Waals surface area contributed by atoms with Crippen molar-refractivity contribution in [1.29, 1.82) is 0 Å². The quantitative estimate of drug-likeness (QED) is 0.135. The Morgan fingerprint density at radius 2 is 1.23 bits per heavy atom. The van der Waals surface area contributed by atoms with E-state index < -0.39 is 66.9 Å². The molecule has 2 rings (SSSR count). The molecule has 0 fully saturated rings. The lowest BCUT2D eigenvalue weighted by atomic mass is 10.0. The summed E-state index contributed by atoms with van der Waals surface area (Å²) in [5, 5.41) is 44.5. The third-order valence-corrected chi connectivity index (χ3v) is 5.72. The number of nitrogens with one attached hydrogen (secondary N) is 3. The van der Waals surface area contributed by atoms with Gasteiger partial charge in [0, 0.05) is 19.3 Å². The molecule has 39 heavy (non-hydrogen) atoms. The van der Waals surface area contributed by atoms with Crippen LogP contribution in [-0.2, 0) is 36.8 Å². The fourth-order valence-corrected chi connectivity index (χ4v) is 3.57. The standard InChI is InChI=1S/C26H32N4O9/c27-18(14-31)23(35)28-19(10-11-22(33)34)24(36)29-20(12-15-4-2-1-3-5-15)25(37)30-21(26(38)39)13-16-6-8-17(32)9-7-16/h1-9,18-21,31-32H,10-14,27H2,(H,28,35)(H,29,36)(H,30,37)(H,33,34)(H,38,39). The molecule has 9 N–H and O–H groups in total. The van der Waals surface area contributed by atoms with E-state index in [1.54, 1.807) is 30.3 Å². The molecular weight excluding hydrogens is 512 g/mol. The molecule has 4 unspecified atom stereocenters. The highest BCUT2D eigenvalue weighted by Crippen LogP contribution is 2.12. The van der Waals surface area contributed by atoms with E-state index in [-0.39, 0.29) is 25.0 Å². The highest BCUT2D eigenvalue weighted by atomic mass is 16.4. The average molecular weight is 545 g/mol. The number of carboxylic acids is 2. The molecule has 13 heteroatoms. The molecule has 0 aliphatic rings. The summed E-state index contributed by atoms with van der Waals surface area (Å²) in [6, 6.07) is 8.91. The number of phenolic OH excluding ortho intramolecular Hbond substituents is 1. The fraction of sp³-hybridized carbons (Fsp3) is 0.346. The molecule has 0 radical (unpaired) electrons. The number of amides is 3. The van der Waals surface area contributed by atoms with E-state index in [0.717, 1.165) is 0 Å². The lowest BCUT2D eigenvalue weighted by Crippen LogP contribution is -2.58. The van der Waals surface area contributed by atoms with E-state index in [1.807, 2.05) is 0 Å². The maximum atomic E-state index is 13.2. The minimum Gasteiger partial charge on any atom is -0.508 e. The molecule has 0 saturated heterocycles. The van der Waals surface area contributed by atoms with Gasteiger partial charge in [-0.15, -0.1) is 0 Å². The van der Waals surface area contributed by atoms with Gasteiger partial charge in [-0.25, -0.2) is 4.79 Å². The molecule has 3 amide bonds. The molecule has 0 aliphatic carbocycles. The molecule has 0 saturated carbocycles. The zero-order valence-corrected chi connectivity index (χ0v) is 20.9. The highest BCUT2D eigenvalue weighted by Gasteiger charge is 2.31. The van der Waals surface area contributed by atoms with Crippen LogP contribution in [0.5, 0.6) is 5.75 Å². The molecule has 210 valence electrons. The van der Waals surface area contributed by atoms with Gasteiger partial charge in [0.25, 0.3) is 0 Å². The summed E-state index contributed by atoms with van der Waals surface area (Å²) >= 11 is 0. The normalized spacial score (nSPS) is 13.8. The van der Waals surface area contributed by atoms with Crippen molar-refractivity contribution >= 4 is 29.7 Å². The predicted molar refractivity (Wildman–Crippen MR) is 137 cm³/mol. The van der Waals surface area contributed by atoms with Gasteiger partial charge in [-0.1, -0.05) is 42.5 Å². The van der Waals surface area contributed by atoms with Crippen LogP contribution in [0.3, 0.4) is 0 Å². The molecule has 0 spiro atoms. The van der Waals surface area contributed by atoms with Gasteiger partial charge in [-0.3, -0.25) is 19.2 Å². The van der Waals surface area contributed by atoms with Gasteiger partial charge >= 0.3 is 11.9 Å². The van der Waals surface area contributed by atoms with Crippen molar-refractivity contribution in [3.8, 4) is 5.75 Å². The van der Waals surface area contributed by atoms with E-state index in [1.165, 1.54) is 24.3 Å². The lowest BCUT2D eigenvalue weighted by Gasteiger charge is -2.25. The van der Waals surface area contributed by atoms with Crippen molar-refractivity contribution < 1.29 is 44.4 Å². The van der Waals surface area contributed by atoms with Crippen LogP contribution in [0.25, 0.3) is 0 Å². The first kappa shape index (κ1) is 30.7. The Hall–Kier alpha value is -4.49. The molecule has 0 aliphatic heterocycles. The number of aliphatic hydroxyl groups excluding tert-OH is 1. The van der Waals surface area contributed by atoms with Crippen molar-refractivity contribution in [2.45, 2.75) is 49.9 Å². The molecular formula is C26H32N4O9. The van der Waals surface area contributed by atoms with Crippen LogP contribution in [0.4, 0.5) is 0 Å². The van der Waals surface area contributed by atoms with E-state index >= 15 is 0 Å². The zero-order chi connectivity index (χ0) is 28.9. The van der Waals surface area contributed by atoms with Crippen LogP contribution in [0.15, 0.2) is 54.6 Å². The minimum absolute atomic E-state index is 0.00946.